The summed E-state index contributed by atoms with van der Waals surface area (Å²) in [6.45, 7) is 13.0. The highest BCUT2D eigenvalue weighted by Gasteiger charge is 2.33. The van der Waals surface area contributed by atoms with E-state index in [1.54, 1.807) is 11.1 Å². The van der Waals surface area contributed by atoms with Gasteiger partial charge in [-0.25, -0.2) is 9.78 Å². The molecule has 9 nitrogen and oxygen atoms in total. The summed E-state index contributed by atoms with van der Waals surface area (Å²) in [5, 5.41) is 3.40. The molecule has 5 rings (SSSR count). The number of nitrogens with one attached hydrogen (secondary N) is 1. The van der Waals surface area contributed by atoms with Crippen LogP contribution in [0.2, 0.25) is 0 Å². The van der Waals surface area contributed by atoms with Gasteiger partial charge in [0, 0.05) is 44.5 Å². The van der Waals surface area contributed by atoms with Gasteiger partial charge in [0.25, 0.3) is 0 Å². The van der Waals surface area contributed by atoms with Gasteiger partial charge in [-0.15, -0.1) is 0 Å². The van der Waals surface area contributed by atoms with Gasteiger partial charge in [-0.05, 0) is 50.3 Å². The number of piperazine rings is 1. The quantitative estimate of drug-likeness (QED) is 0.482. The van der Waals surface area contributed by atoms with Crippen LogP contribution in [-0.2, 0) is 16.1 Å². The van der Waals surface area contributed by atoms with Crippen LogP contribution in [0.3, 0.4) is 0 Å². The summed E-state index contributed by atoms with van der Waals surface area (Å²) in [5.41, 5.74) is 3.27. The van der Waals surface area contributed by atoms with E-state index in [0.29, 0.717) is 17.8 Å². The van der Waals surface area contributed by atoms with E-state index in [9.17, 15) is 9.59 Å². The van der Waals surface area contributed by atoms with Crippen molar-refractivity contribution in [3.63, 3.8) is 0 Å². The van der Waals surface area contributed by atoms with Gasteiger partial charge in [0.15, 0.2) is 0 Å². The van der Waals surface area contributed by atoms with E-state index in [1.807, 2.05) is 18.7 Å². The number of benzene rings is 1. The van der Waals surface area contributed by atoms with Crippen LogP contribution < -0.4 is 10.2 Å². The van der Waals surface area contributed by atoms with Crippen LogP contribution in [0.4, 0.5) is 16.6 Å². The molecule has 0 bridgehead atoms. The summed E-state index contributed by atoms with van der Waals surface area (Å²) < 4.78 is 5.25. The molecule has 2 aromatic rings. The normalized spacial score (nSPS) is 19.5. The number of hydrogen-bond donors (Lipinski definition) is 1. The molecule has 0 spiro atoms. The number of hydrogen-bond acceptors (Lipinski definition) is 7. The fraction of sp³-hybridized carbons (Fsp3) is 0.517. The standard InChI is InChI=1S/C29H38N6O3/c1-5-26(36)34-14-12-33(13-15-34)25(16-21-6-7-21)23-10-8-22(9-11-23)20(4)31-28-30-17-24-18-38-29(37)35(19(2)3)27(24)32-28/h5,8-11,17,19-21,25H,1,6-7,12-16,18H2,2-4H3,(H,30,31,32)/t20-,25-/m0/s1. The molecule has 38 heavy (non-hydrogen) atoms. The van der Waals surface area contributed by atoms with Gasteiger partial charge in [0.1, 0.15) is 12.4 Å². The van der Waals surface area contributed by atoms with E-state index in [2.05, 4.69) is 58.0 Å². The maximum Gasteiger partial charge on any atom is 0.416 e. The number of rotatable bonds is 9. The number of carbonyl (C=O) groups excluding carboxylic acids is 2. The second kappa shape index (κ2) is 11.1. The fourth-order valence-corrected chi connectivity index (χ4v) is 5.36. The van der Waals surface area contributed by atoms with Gasteiger partial charge in [0.05, 0.1) is 11.6 Å². The van der Waals surface area contributed by atoms with E-state index < -0.39 is 0 Å². The van der Waals surface area contributed by atoms with E-state index in [4.69, 9.17) is 4.74 Å². The van der Waals surface area contributed by atoms with Gasteiger partial charge >= 0.3 is 6.09 Å². The maximum absolute atomic E-state index is 12.3. The van der Waals surface area contributed by atoms with Crippen molar-refractivity contribution in [1.29, 1.82) is 0 Å². The largest absolute Gasteiger partial charge is 0.444 e. The molecule has 3 heterocycles. The second-order valence-electron chi connectivity index (χ2n) is 10.9. The highest BCUT2D eigenvalue weighted by molar-refractivity contribution is 5.89. The van der Waals surface area contributed by atoms with Crippen molar-refractivity contribution < 1.29 is 14.3 Å². The predicted octanol–water partition coefficient (Wildman–Crippen LogP) is 4.69. The Morgan fingerprint density at radius 1 is 1.13 bits per heavy atom. The topological polar surface area (TPSA) is 90.9 Å². The zero-order valence-corrected chi connectivity index (χ0v) is 22.6. The lowest BCUT2D eigenvalue weighted by molar-refractivity contribution is -0.128. The summed E-state index contributed by atoms with van der Waals surface area (Å²) in [6.07, 6.45) is 6.56. The SMILES string of the molecule is C=CC(=O)N1CCN([C@@H](CC2CC2)c2ccc([C@H](C)Nc3ncc4c(n3)N(C(C)C)C(=O)OC4)cc2)CC1. The van der Waals surface area contributed by atoms with Crippen molar-refractivity contribution in [1.82, 2.24) is 19.8 Å². The van der Waals surface area contributed by atoms with E-state index >= 15 is 0 Å². The Balaban J connectivity index is 1.27. The van der Waals surface area contributed by atoms with Crippen molar-refractivity contribution in [2.45, 2.75) is 64.8 Å². The van der Waals surface area contributed by atoms with Crippen molar-refractivity contribution in [2.75, 3.05) is 36.4 Å². The molecule has 202 valence electrons. The Labute approximate surface area is 224 Å². The van der Waals surface area contributed by atoms with E-state index in [-0.39, 0.29) is 30.7 Å². The number of anilines is 2. The Kier molecular flexibility index (Phi) is 7.65. The molecule has 2 aliphatic heterocycles. The van der Waals surface area contributed by atoms with Gasteiger partial charge in [-0.3, -0.25) is 14.6 Å². The first-order valence-electron chi connectivity index (χ1n) is 13.7. The lowest BCUT2D eigenvalue weighted by atomic mass is 9.96. The minimum absolute atomic E-state index is 0.0134. The minimum Gasteiger partial charge on any atom is -0.444 e. The number of carbonyl (C=O) groups is 2. The van der Waals surface area contributed by atoms with Crippen LogP contribution in [0.15, 0.2) is 43.1 Å². The highest BCUT2D eigenvalue weighted by atomic mass is 16.6. The molecule has 0 unspecified atom stereocenters. The molecule has 0 radical (unpaired) electrons. The van der Waals surface area contributed by atoms with Gasteiger partial charge in [-0.2, -0.15) is 4.98 Å². The van der Waals surface area contributed by atoms with Gasteiger partial charge in [-0.1, -0.05) is 43.7 Å². The number of fused-ring (bicyclic) bond motifs is 1. The molecule has 2 atom stereocenters. The van der Waals surface area contributed by atoms with Crippen molar-refractivity contribution >= 4 is 23.8 Å². The van der Waals surface area contributed by atoms with Crippen LogP contribution in [0.5, 0.6) is 0 Å². The molecule has 1 N–H and O–H groups in total. The lowest BCUT2D eigenvalue weighted by Crippen LogP contribution is -2.49. The number of aromatic nitrogens is 2. The third-order valence-electron chi connectivity index (χ3n) is 7.80. The minimum atomic E-state index is -0.379. The van der Waals surface area contributed by atoms with Crippen molar-refractivity contribution in [3.05, 3.63) is 59.8 Å². The van der Waals surface area contributed by atoms with Crippen LogP contribution in [-0.4, -0.2) is 64.0 Å². The third-order valence-corrected chi connectivity index (χ3v) is 7.80. The summed E-state index contributed by atoms with van der Waals surface area (Å²) in [7, 11) is 0. The monoisotopic (exact) mass is 518 g/mol. The molecular formula is C29H38N6O3. The number of nitrogens with zero attached hydrogens (tertiary/aromatic N) is 5. The van der Waals surface area contributed by atoms with Gasteiger partial charge < -0.3 is 15.0 Å². The second-order valence-corrected chi connectivity index (χ2v) is 10.9. The van der Waals surface area contributed by atoms with Crippen LogP contribution in [0, 0.1) is 5.92 Å². The summed E-state index contributed by atoms with van der Waals surface area (Å²) in [5.74, 6) is 1.92. The summed E-state index contributed by atoms with van der Waals surface area (Å²) >= 11 is 0. The zero-order valence-electron chi connectivity index (χ0n) is 22.6. The Morgan fingerprint density at radius 3 is 2.45 bits per heavy atom. The molecule has 2 fully saturated rings. The molecule has 1 aromatic carbocycles. The average molecular weight is 519 g/mol. The molecule has 1 aromatic heterocycles. The first-order chi connectivity index (χ1) is 18.3. The molecule has 3 aliphatic rings. The Hall–Kier alpha value is -3.46. The average Bonchev–Trinajstić information content (AvgIpc) is 3.75. The molecular weight excluding hydrogens is 480 g/mol. The van der Waals surface area contributed by atoms with E-state index in [0.717, 1.165) is 43.2 Å². The number of amides is 2. The highest BCUT2D eigenvalue weighted by Crippen LogP contribution is 2.40. The first-order valence-corrected chi connectivity index (χ1v) is 13.7. The zero-order chi connectivity index (χ0) is 26.8. The molecule has 1 aliphatic carbocycles. The predicted molar refractivity (Wildman–Crippen MR) is 147 cm³/mol. The number of cyclic esters (lactones) is 1. The van der Waals surface area contributed by atoms with E-state index in [1.165, 1.54) is 30.9 Å². The first kappa shape index (κ1) is 26.2. The molecule has 1 saturated heterocycles. The third kappa shape index (κ3) is 5.67. The Morgan fingerprint density at radius 2 is 1.82 bits per heavy atom. The number of ether oxygens (including phenoxy) is 1. The van der Waals surface area contributed by atoms with Crippen LogP contribution in [0.25, 0.3) is 0 Å². The summed E-state index contributed by atoms with van der Waals surface area (Å²) in [4.78, 5) is 39.4. The smallest absolute Gasteiger partial charge is 0.416 e. The fourth-order valence-electron chi connectivity index (χ4n) is 5.36. The summed E-state index contributed by atoms with van der Waals surface area (Å²) in [6, 6.07) is 9.13. The van der Waals surface area contributed by atoms with Crippen molar-refractivity contribution in [2.24, 2.45) is 5.92 Å². The molecule has 9 heteroatoms. The Bertz CT molecular complexity index is 1170. The van der Waals surface area contributed by atoms with Crippen molar-refractivity contribution in [3.8, 4) is 0 Å². The molecule has 1 saturated carbocycles. The molecule has 2 amide bonds. The van der Waals surface area contributed by atoms with Crippen LogP contribution >= 0.6 is 0 Å². The maximum atomic E-state index is 12.3. The lowest BCUT2D eigenvalue weighted by Gasteiger charge is -2.39. The van der Waals surface area contributed by atoms with Gasteiger partial charge in [0.2, 0.25) is 11.9 Å². The van der Waals surface area contributed by atoms with Crippen LogP contribution in [0.1, 0.15) is 68.8 Å².